The minimum Gasteiger partial charge on any atom is -0.472 e. The van der Waals surface area contributed by atoms with E-state index in [1.807, 2.05) is 6.07 Å². The Bertz CT molecular complexity index is 1020. The third-order valence-corrected chi connectivity index (χ3v) is 10.4. The molecule has 4 heterocycles. The Hall–Kier alpha value is -1.88. The maximum Gasteiger partial charge on any atom is 0.309 e. The molecule has 3 aliphatic carbocycles. The SMILES string of the molecule is CC(C)=C1C[C@H]2O[C@@H]3CC(=O)O[C@@]4(CC[C@]5(C)[C@@H](C(=O)C[C@H]5c5ccoc5)[C@]24C)[C@]13C. The minimum absolute atomic E-state index is 0.117. The molecule has 7 rings (SSSR count). The first-order chi connectivity index (χ1) is 14.6. The summed E-state index contributed by atoms with van der Waals surface area (Å²) in [5, 5.41) is 0. The van der Waals surface area contributed by atoms with Gasteiger partial charge in [0.1, 0.15) is 11.4 Å². The molecule has 0 aromatic carbocycles. The van der Waals surface area contributed by atoms with Crippen LogP contribution in [0.4, 0.5) is 0 Å². The quantitative estimate of drug-likeness (QED) is 0.471. The van der Waals surface area contributed by atoms with Crippen LogP contribution in [0.3, 0.4) is 0 Å². The summed E-state index contributed by atoms with van der Waals surface area (Å²) in [6.45, 7) is 11.0. The van der Waals surface area contributed by atoms with Gasteiger partial charge in [0.15, 0.2) is 0 Å². The summed E-state index contributed by atoms with van der Waals surface area (Å²) in [7, 11) is 0. The van der Waals surface area contributed by atoms with Gasteiger partial charge in [0.05, 0.1) is 36.6 Å². The van der Waals surface area contributed by atoms with Crippen LogP contribution in [-0.4, -0.2) is 29.6 Å². The van der Waals surface area contributed by atoms with Gasteiger partial charge in [0.2, 0.25) is 0 Å². The number of esters is 1. The summed E-state index contributed by atoms with van der Waals surface area (Å²) >= 11 is 0. The molecule has 6 fully saturated rings. The molecule has 6 aliphatic rings. The van der Waals surface area contributed by atoms with Crippen molar-refractivity contribution in [2.75, 3.05) is 0 Å². The molecule has 0 radical (unpaired) electrons. The number of fused-ring (bicyclic) bond motifs is 2. The summed E-state index contributed by atoms with van der Waals surface area (Å²) < 4.78 is 18.6. The highest BCUT2D eigenvalue weighted by molar-refractivity contribution is 5.88. The van der Waals surface area contributed by atoms with Gasteiger partial charge in [-0.25, -0.2) is 0 Å². The topological polar surface area (TPSA) is 65.7 Å². The molecule has 0 amide bonds. The number of carbonyl (C=O) groups is 2. The van der Waals surface area contributed by atoms with E-state index in [2.05, 4.69) is 34.6 Å². The molecule has 3 saturated carbocycles. The molecule has 166 valence electrons. The van der Waals surface area contributed by atoms with Gasteiger partial charge >= 0.3 is 5.97 Å². The Morgan fingerprint density at radius 3 is 2.48 bits per heavy atom. The van der Waals surface area contributed by atoms with E-state index in [9.17, 15) is 9.59 Å². The molecule has 1 spiro atoms. The zero-order chi connectivity index (χ0) is 22.0. The molecule has 3 aliphatic heterocycles. The second-order valence-corrected chi connectivity index (χ2v) is 11.5. The number of Topliss-reactive ketones (excluding diaryl/α,β-unsaturated/α-hetero) is 1. The minimum atomic E-state index is -0.696. The average Bonchev–Trinajstić information content (AvgIpc) is 3.30. The molecule has 0 N–H and O–H groups in total. The fourth-order valence-corrected chi connectivity index (χ4v) is 9.11. The van der Waals surface area contributed by atoms with Gasteiger partial charge in [-0.1, -0.05) is 25.0 Å². The highest BCUT2D eigenvalue weighted by atomic mass is 16.6. The zero-order valence-electron chi connectivity index (χ0n) is 19.1. The lowest BCUT2D eigenvalue weighted by molar-refractivity contribution is -0.364. The van der Waals surface area contributed by atoms with Gasteiger partial charge in [0, 0.05) is 17.8 Å². The maximum atomic E-state index is 13.8. The second kappa shape index (κ2) is 5.72. The van der Waals surface area contributed by atoms with Crippen LogP contribution in [0.15, 0.2) is 34.2 Å². The Morgan fingerprint density at radius 1 is 1.03 bits per heavy atom. The van der Waals surface area contributed by atoms with Crippen molar-refractivity contribution in [3.05, 3.63) is 35.3 Å². The third-order valence-electron chi connectivity index (χ3n) is 10.4. The lowest BCUT2D eigenvalue weighted by atomic mass is 9.35. The third kappa shape index (κ3) is 1.95. The smallest absolute Gasteiger partial charge is 0.309 e. The van der Waals surface area contributed by atoms with Crippen LogP contribution in [0.2, 0.25) is 0 Å². The first-order valence-corrected chi connectivity index (χ1v) is 11.7. The summed E-state index contributed by atoms with van der Waals surface area (Å²) in [5.74, 6) is 0.0299. The van der Waals surface area contributed by atoms with Crippen molar-refractivity contribution >= 4 is 11.8 Å². The van der Waals surface area contributed by atoms with Crippen LogP contribution < -0.4 is 0 Å². The van der Waals surface area contributed by atoms with E-state index in [1.54, 1.807) is 12.5 Å². The fourth-order valence-electron chi connectivity index (χ4n) is 9.11. The van der Waals surface area contributed by atoms with Gasteiger partial charge in [-0.15, -0.1) is 0 Å². The Kier molecular flexibility index (Phi) is 3.65. The molecule has 5 nitrogen and oxygen atoms in total. The molecule has 8 atom stereocenters. The molecular weight excluding hydrogens is 392 g/mol. The van der Waals surface area contributed by atoms with Crippen LogP contribution in [0.5, 0.6) is 0 Å². The summed E-state index contributed by atoms with van der Waals surface area (Å²) in [4.78, 5) is 26.6. The molecule has 1 aromatic heterocycles. The Balaban J connectivity index is 1.57. The molecule has 5 heteroatoms. The largest absolute Gasteiger partial charge is 0.472 e. The number of ether oxygens (including phenoxy) is 2. The first-order valence-electron chi connectivity index (χ1n) is 11.7. The summed E-state index contributed by atoms with van der Waals surface area (Å²) in [6, 6.07) is 2.00. The molecule has 3 saturated heterocycles. The number of hydrogen-bond acceptors (Lipinski definition) is 5. The monoisotopic (exact) mass is 424 g/mol. The zero-order valence-corrected chi connectivity index (χ0v) is 19.1. The van der Waals surface area contributed by atoms with Crippen molar-refractivity contribution in [3.8, 4) is 0 Å². The van der Waals surface area contributed by atoms with Gasteiger partial charge in [-0.05, 0) is 63.0 Å². The van der Waals surface area contributed by atoms with E-state index in [-0.39, 0.29) is 41.2 Å². The van der Waals surface area contributed by atoms with Crippen molar-refractivity contribution in [1.29, 1.82) is 0 Å². The molecule has 1 aromatic rings. The van der Waals surface area contributed by atoms with Gasteiger partial charge in [0.25, 0.3) is 0 Å². The molecule has 4 bridgehead atoms. The Labute approximate surface area is 183 Å². The molecule has 0 unspecified atom stereocenters. The van der Waals surface area contributed by atoms with E-state index >= 15 is 0 Å². The number of rotatable bonds is 1. The second-order valence-electron chi connectivity index (χ2n) is 11.5. The number of ketones is 1. The summed E-state index contributed by atoms with van der Waals surface area (Å²) in [6.07, 6.45) is 6.47. The van der Waals surface area contributed by atoms with Crippen LogP contribution in [0.1, 0.15) is 78.2 Å². The van der Waals surface area contributed by atoms with Crippen molar-refractivity contribution in [2.45, 2.75) is 90.4 Å². The van der Waals surface area contributed by atoms with E-state index in [4.69, 9.17) is 13.9 Å². The van der Waals surface area contributed by atoms with Crippen LogP contribution in [-0.2, 0) is 19.1 Å². The van der Waals surface area contributed by atoms with E-state index in [0.29, 0.717) is 12.8 Å². The van der Waals surface area contributed by atoms with Crippen molar-refractivity contribution < 1.29 is 23.5 Å². The van der Waals surface area contributed by atoms with Crippen molar-refractivity contribution in [2.24, 2.45) is 22.2 Å². The van der Waals surface area contributed by atoms with Crippen LogP contribution >= 0.6 is 0 Å². The van der Waals surface area contributed by atoms with E-state index < -0.39 is 16.4 Å². The lowest BCUT2D eigenvalue weighted by Gasteiger charge is -2.75. The van der Waals surface area contributed by atoms with E-state index in [1.165, 1.54) is 11.1 Å². The average molecular weight is 425 g/mol. The maximum absolute atomic E-state index is 13.8. The first kappa shape index (κ1) is 19.8. The van der Waals surface area contributed by atoms with Gasteiger partial charge < -0.3 is 13.9 Å². The predicted molar refractivity (Wildman–Crippen MR) is 113 cm³/mol. The highest BCUT2D eigenvalue weighted by Gasteiger charge is 2.83. The normalized spacial score (nSPS) is 50.2. The standard InChI is InChI=1S/C26H32O5/c1-14(2)16-11-19-25(5)22-18(27)10-17(15-6-9-29-13-15)23(22,3)7-8-26(25)24(16,4)20(30-19)12-21(28)31-26/h6,9,13,17,19-20,22H,7-8,10-12H2,1-5H3/t17-,19+,20+,22+,23-,24+,25-,26-/m0/s1. The van der Waals surface area contributed by atoms with Crippen LogP contribution in [0, 0.1) is 22.2 Å². The van der Waals surface area contributed by atoms with E-state index in [0.717, 1.165) is 24.8 Å². The van der Waals surface area contributed by atoms with Gasteiger partial charge in [-0.3, -0.25) is 9.59 Å². The van der Waals surface area contributed by atoms with Crippen molar-refractivity contribution in [3.63, 3.8) is 0 Å². The van der Waals surface area contributed by atoms with Crippen molar-refractivity contribution in [1.82, 2.24) is 0 Å². The predicted octanol–water partition coefficient (Wildman–Crippen LogP) is 4.96. The van der Waals surface area contributed by atoms with Gasteiger partial charge in [-0.2, -0.15) is 0 Å². The molecule has 31 heavy (non-hydrogen) atoms. The number of allylic oxidation sites excluding steroid dienone is 1. The van der Waals surface area contributed by atoms with Crippen LogP contribution in [0.25, 0.3) is 0 Å². The fraction of sp³-hybridized carbons (Fsp3) is 0.692. The number of hydrogen-bond donors (Lipinski definition) is 0. The summed E-state index contributed by atoms with van der Waals surface area (Å²) in [5.41, 5.74) is 1.94. The molecular formula is C26H32O5. The number of furan rings is 1. The Morgan fingerprint density at radius 2 is 1.81 bits per heavy atom. The highest BCUT2D eigenvalue weighted by Crippen LogP contribution is 2.78. The number of carbonyl (C=O) groups excluding carboxylic acids is 2. The lowest BCUT2D eigenvalue weighted by Crippen LogP contribution is -2.82.